The number of nitrogens with one attached hydrogen (secondary N) is 1. The molecule has 0 saturated heterocycles. The lowest BCUT2D eigenvalue weighted by Gasteiger charge is -2.12. The summed E-state index contributed by atoms with van der Waals surface area (Å²) in [5.74, 6) is 0.0821. The number of ether oxygens (including phenoxy) is 1. The van der Waals surface area contributed by atoms with Crippen molar-refractivity contribution >= 4 is 11.8 Å². The molecule has 0 radical (unpaired) electrons. The van der Waals surface area contributed by atoms with E-state index in [2.05, 4.69) is 20.3 Å². The Morgan fingerprint density at radius 1 is 1.17 bits per heavy atom. The van der Waals surface area contributed by atoms with Crippen LogP contribution in [-0.4, -0.2) is 32.1 Å². The van der Waals surface area contributed by atoms with Gasteiger partial charge in [-0.2, -0.15) is 0 Å². The van der Waals surface area contributed by atoms with E-state index in [0.29, 0.717) is 24.3 Å². The average molecular weight is 314 g/mol. The first-order valence-electron chi connectivity index (χ1n) is 7.61. The molecular formula is C16H18N4O3. The molecule has 0 unspecified atom stereocenters. The average Bonchev–Trinajstić information content (AvgIpc) is 3.07. The molecule has 23 heavy (non-hydrogen) atoms. The van der Waals surface area contributed by atoms with E-state index in [1.807, 2.05) is 12.1 Å². The number of nitrogens with zero attached hydrogens (tertiary/aromatic N) is 3. The van der Waals surface area contributed by atoms with Crippen LogP contribution in [0.15, 0.2) is 30.7 Å². The minimum atomic E-state index is -1.09. The predicted octanol–water partition coefficient (Wildman–Crippen LogP) is 2.50. The van der Waals surface area contributed by atoms with Gasteiger partial charge in [0.1, 0.15) is 11.9 Å². The van der Waals surface area contributed by atoms with Gasteiger partial charge in [0, 0.05) is 18.8 Å². The molecule has 3 rings (SSSR count). The Kier molecular flexibility index (Phi) is 4.65. The smallest absolute Gasteiger partial charge is 0.356 e. The molecule has 2 N–H and O–H groups in total. The van der Waals surface area contributed by atoms with Crippen molar-refractivity contribution in [3.8, 4) is 5.88 Å². The van der Waals surface area contributed by atoms with Gasteiger partial charge in [-0.3, -0.25) is 0 Å². The molecule has 1 aliphatic rings. The summed E-state index contributed by atoms with van der Waals surface area (Å²) in [6.07, 6.45) is 9.36. The molecule has 0 bridgehead atoms. The number of hydrogen-bond acceptors (Lipinski definition) is 6. The van der Waals surface area contributed by atoms with Crippen molar-refractivity contribution in [3.05, 3.63) is 42.0 Å². The van der Waals surface area contributed by atoms with Crippen LogP contribution >= 0.6 is 0 Å². The molecule has 0 atom stereocenters. The highest BCUT2D eigenvalue weighted by atomic mass is 16.5. The van der Waals surface area contributed by atoms with Crippen molar-refractivity contribution in [2.75, 3.05) is 5.32 Å². The molecule has 1 aliphatic carbocycles. The number of aromatic carboxylic acids is 1. The lowest BCUT2D eigenvalue weighted by Crippen LogP contribution is -2.12. The fraction of sp³-hybridized carbons (Fsp3) is 0.375. The molecule has 2 aromatic rings. The van der Waals surface area contributed by atoms with Gasteiger partial charge in [0.05, 0.1) is 12.4 Å². The molecular weight excluding hydrogens is 296 g/mol. The van der Waals surface area contributed by atoms with E-state index < -0.39 is 5.97 Å². The van der Waals surface area contributed by atoms with Gasteiger partial charge in [0.25, 0.3) is 0 Å². The summed E-state index contributed by atoms with van der Waals surface area (Å²) < 4.78 is 5.82. The first-order valence-corrected chi connectivity index (χ1v) is 7.61. The summed E-state index contributed by atoms with van der Waals surface area (Å²) in [5.41, 5.74) is 0.901. The topological polar surface area (TPSA) is 97.2 Å². The van der Waals surface area contributed by atoms with E-state index in [4.69, 9.17) is 9.84 Å². The van der Waals surface area contributed by atoms with Gasteiger partial charge in [-0.15, -0.1) is 0 Å². The summed E-state index contributed by atoms with van der Waals surface area (Å²) in [7, 11) is 0. The van der Waals surface area contributed by atoms with Crippen molar-refractivity contribution in [1.29, 1.82) is 0 Å². The Balaban J connectivity index is 1.52. The Hall–Kier alpha value is -2.70. The van der Waals surface area contributed by atoms with E-state index in [1.54, 1.807) is 6.20 Å². The van der Waals surface area contributed by atoms with Crippen LogP contribution in [0.3, 0.4) is 0 Å². The highest BCUT2D eigenvalue weighted by molar-refractivity contribution is 5.84. The zero-order valence-electron chi connectivity index (χ0n) is 12.6. The standard InChI is InChI=1S/C16H18N4O3/c21-16(22)13-9-19-14(10-17-13)18-7-11-5-6-15(20-8-11)23-12-3-1-2-4-12/h5-6,8-10,12H,1-4,7H2,(H,18,19)(H,21,22). The highest BCUT2D eigenvalue weighted by Gasteiger charge is 2.16. The molecule has 0 aromatic carbocycles. The summed E-state index contributed by atoms with van der Waals surface area (Å²) in [4.78, 5) is 22.8. The quantitative estimate of drug-likeness (QED) is 0.845. The Bertz CT molecular complexity index is 652. The number of carboxylic acids is 1. The summed E-state index contributed by atoms with van der Waals surface area (Å²) in [6, 6.07) is 3.82. The minimum Gasteiger partial charge on any atom is -0.476 e. The van der Waals surface area contributed by atoms with Gasteiger partial charge >= 0.3 is 5.97 Å². The van der Waals surface area contributed by atoms with Crippen LogP contribution in [0.25, 0.3) is 0 Å². The highest BCUT2D eigenvalue weighted by Crippen LogP contribution is 2.22. The van der Waals surface area contributed by atoms with Crippen LogP contribution in [0.2, 0.25) is 0 Å². The van der Waals surface area contributed by atoms with Gasteiger partial charge in [0.2, 0.25) is 5.88 Å². The molecule has 120 valence electrons. The molecule has 2 heterocycles. The largest absolute Gasteiger partial charge is 0.476 e. The molecule has 2 aromatic heterocycles. The number of carboxylic acid groups (broad SMARTS) is 1. The molecule has 0 amide bonds. The number of pyridine rings is 1. The SMILES string of the molecule is O=C(O)c1cnc(NCc2ccc(OC3CCCC3)nc2)cn1. The fourth-order valence-corrected chi connectivity index (χ4v) is 2.48. The van der Waals surface area contributed by atoms with Gasteiger partial charge in [0.15, 0.2) is 5.69 Å². The first-order chi connectivity index (χ1) is 11.2. The van der Waals surface area contributed by atoms with Gasteiger partial charge in [-0.25, -0.2) is 19.7 Å². The van der Waals surface area contributed by atoms with Crippen molar-refractivity contribution in [1.82, 2.24) is 15.0 Å². The van der Waals surface area contributed by atoms with Crippen LogP contribution in [0, 0.1) is 0 Å². The molecule has 1 saturated carbocycles. The monoisotopic (exact) mass is 314 g/mol. The first kappa shape index (κ1) is 15.2. The summed E-state index contributed by atoms with van der Waals surface area (Å²) >= 11 is 0. The molecule has 1 fully saturated rings. The summed E-state index contributed by atoms with van der Waals surface area (Å²) in [5, 5.41) is 11.8. The Morgan fingerprint density at radius 3 is 2.61 bits per heavy atom. The number of anilines is 1. The number of carbonyl (C=O) groups is 1. The van der Waals surface area contributed by atoms with Gasteiger partial charge in [-0.05, 0) is 31.2 Å². The maximum absolute atomic E-state index is 10.7. The normalized spacial score (nSPS) is 14.6. The molecule has 0 spiro atoms. The number of rotatable bonds is 6. The Morgan fingerprint density at radius 2 is 2.00 bits per heavy atom. The van der Waals surface area contributed by atoms with E-state index in [-0.39, 0.29) is 5.69 Å². The van der Waals surface area contributed by atoms with E-state index >= 15 is 0 Å². The zero-order valence-corrected chi connectivity index (χ0v) is 12.6. The predicted molar refractivity (Wildman–Crippen MR) is 83.4 cm³/mol. The fourth-order valence-electron chi connectivity index (χ4n) is 2.48. The molecule has 7 heteroatoms. The lowest BCUT2D eigenvalue weighted by molar-refractivity contribution is 0.0690. The summed E-state index contributed by atoms with van der Waals surface area (Å²) in [6.45, 7) is 0.526. The minimum absolute atomic E-state index is 0.0781. The van der Waals surface area contributed by atoms with E-state index in [1.165, 1.54) is 25.2 Å². The van der Waals surface area contributed by atoms with E-state index in [9.17, 15) is 4.79 Å². The van der Waals surface area contributed by atoms with Crippen molar-refractivity contribution in [2.45, 2.75) is 38.3 Å². The van der Waals surface area contributed by atoms with Crippen LogP contribution in [0.4, 0.5) is 5.82 Å². The number of aromatic nitrogens is 3. The maximum atomic E-state index is 10.7. The van der Waals surface area contributed by atoms with Crippen LogP contribution in [0.1, 0.15) is 41.7 Å². The Labute approximate surface area is 133 Å². The zero-order chi connectivity index (χ0) is 16.1. The lowest BCUT2D eigenvalue weighted by atomic mass is 10.3. The third-order valence-electron chi connectivity index (χ3n) is 3.73. The molecule has 7 nitrogen and oxygen atoms in total. The van der Waals surface area contributed by atoms with Crippen molar-refractivity contribution in [3.63, 3.8) is 0 Å². The van der Waals surface area contributed by atoms with Gasteiger partial charge < -0.3 is 15.2 Å². The second-order valence-corrected chi connectivity index (χ2v) is 5.47. The second-order valence-electron chi connectivity index (χ2n) is 5.47. The van der Waals surface area contributed by atoms with Crippen LogP contribution in [-0.2, 0) is 6.54 Å². The van der Waals surface area contributed by atoms with Gasteiger partial charge in [-0.1, -0.05) is 6.07 Å². The third-order valence-corrected chi connectivity index (χ3v) is 3.73. The van der Waals surface area contributed by atoms with Crippen LogP contribution in [0.5, 0.6) is 5.88 Å². The van der Waals surface area contributed by atoms with Crippen LogP contribution < -0.4 is 10.1 Å². The maximum Gasteiger partial charge on any atom is 0.356 e. The van der Waals surface area contributed by atoms with Crippen molar-refractivity contribution in [2.24, 2.45) is 0 Å². The molecule has 0 aliphatic heterocycles. The van der Waals surface area contributed by atoms with Crippen molar-refractivity contribution < 1.29 is 14.6 Å². The third kappa shape index (κ3) is 4.15. The second kappa shape index (κ2) is 7.04. The number of hydrogen-bond donors (Lipinski definition) is 2. The van der Waals surface area contributed by atoms with E-state index in [0.717, 1.165) is 18.4 Å².